The van der Waals surface area contributed by atoms with E-state index in [1.165, 1.54) is 0 Å². The Morgan fingerprint density at radius 2 is 1.15 bits per heavy atom. The lowest BCUT2D eigenvalue weighted by Crippen LogP contribution is -2.43. The molecule has 0 atom stereocenters. The molecule has 0 amide bonds. The molecular weight excluding hydrogens is 426 g/mol. The zero-order valence-corrected chi connectivity index (χ0v) is 20.4. The molecule has 0 aliphatic carbocycles. The summed E-state index contributed by atoms with van der Waals surface area (Å²) in [6, 6.07) is 20.5. The second kappa shape index (κ2) is 13.4. The standard InChI is InChI=1S/C29H33NO2S/c1-3-5-19-31-26-14-9-23(10-15-26)7-8-25-21-28(33-29(30)22-25)18-13-24-11-16-27(17-12-24)32-20-6-4-2/h7-18,21-22,30H,3-6,19-20H2,1-2H3/p+1. The van der Waals surface area contributed by atoms with Gasteiger partial charge in [0.2, 0.25) is 0 Å². The predicted molar refractivity (Wildman–Crippen MR) is 141 cm³/mol. The van der Waals surface area contributed by atoms with Gasteiger partial charge >= 0.3 is 0 Å². The van der Waals surface area contributed by atoms with Crippen molar-refractivity contribution < 1.29 is 14.9 Å². The first-order chi connectivity index (χ1) is 16.2. The van der Waals surface area contributed by atoms with Crippen molar-refractivity contribution in [2.24, 2.45) is 0 Å². The molecule has 4 heteroatoms. The van der Waals surface area contributed by atoms with Crippen molar-refractivity contribution in [2.45, 2.75) is 39.5 Å². The molecule has 1 heterocycles. The summed E-state index contributed by atoms with van der Waals surface area (Å²) in [6.45, 7) is 5.86. The van der Waals surface area contributed by atoms with Gasteiger partial charge in [-0.05, 0) is 65.9 Å². The number of unbranched alkanes of at least 4 members (excludes halogenated alkanes) is 2. The van der Waals surface area contributed by atoms with Gasteiger partial charge in [-0.3, -0.25) is 0 Å². The van der Waals surface area contributed by atoms with E-state index in [9.17, 15) is 0 Å². The molecule has 0 aliphatic heterocycles. The number of hydrogen-bond donors (Lipinski definition) is 1. The number of benzene rings is 2. The van der Waals surface area contributed by atoms with Crippen molar-refractivity contribution in [2.75, 3.05) is 13.2 Å². The zero-order chi connectivity index (χ0) is 23.3. The molecule has 3 rings (SSSR count). The van der Waals surface area contributed by atoms with E-state index in [1.807, 2.05) is 30.3 Å². The van der Waals surface area contributed by atoms with E-state index in [-0.39, 0.29) is 0 Å². The summed E-state index contributed by atoms with van der Waals surface area (Å²) in [6.07, 6.45) is 12.8. The fraction of sp³-hybridized carbons (Fsp3) is 0.276. The molecule has 3 aromatic rings. The minimum atomic E-state index is 0.767. The topological polar surface area (TPSA) is 44.0 Å². The van der Waals surface area contributed by atoms with Crippen LogP contribution in [-0.4, -0.2) is 13.2 Å². The van der Waals surface area contributed by atoms with Gasteiger partial charge in [-0.2, -0.15) is 0 Å². The highest BCUT2D eigenvalue weighted by Gasteiger charge is 1.99. The van der Waals surface area contributed by atoms with Gasteiger partial charge in [0.05, 0.1) is 13.2 Å². The molecule has 0 fully saturated rings. The second-order valence-corrected chi connectivity index (χ2v) is 9.05. The lowest BCUT2D eigenvalue weighted by Gasteiger charge is -2.05. The van der Waals surface area contributed by atoms with Gasteiger partial charge in [0.25, 0.3) is 4.67 Å². The molecule has 0 saturated carbocycles. The van der Waals surface area contributed by atoms with E-state index in [0.717, 1.165) is 76.6 Å². The summed E-state index contributed by atoms with van der Waals surface area (Å²) in [5, 5.41) is 6.17. The Labute approximate surface area is 201 Å². The first kappa shape index (κ1) is 24.5. The minimum absolute atomic E-state index is 0.767. The number of nitrogens with two attached hydrogens (primary N) is 1. The fourth-order valence-electron chi connectivity index (χ4n) is 3.13. The molecule has 2 aromatic carbocycles. The average molecular weight is 461 g/mol. The summed E-state index contributed by atoms with van der Waals surface area (Å²) in [4.78, 5) is 1.11. The summed E-state index contributed by atoms with van der Waals surface area (Å²) in [5.41, 5.74) is 3.34. The van der Waals surface area contributed by atoms with Gasteiger partial charge < -0.3 is 9.47 Å². The first-order valence-corrected chi connectivity index (χ1v) is 12.5. The summed E-state index contributed by atoms with van der Waals surface area (Å²) in [7, 11) is 0. The maximum Gasteiger partial charge on any atom is 0.254 e. The summed E-state index contributed by atoms with van der Waals surface area (Å²) >= 11 is 1.58. The Balaban J connectivity index is 1.62. The summed E-state index contributed by atoms with van der Waals surface area (Å²) < 4.78 is 12.3. The maximum absolute atomic E-state index is 6.17. The van der Waals surface area contributed by atoms with Gasteiger partial charge in [0.1, 0.15) is 11.5 Å². The molecule has 1 aromatic heterocycles. The van der Waals surface area contributed by atoms with Crippen LogP contribution in [0, 0.1) is 0 Å². The SMILES string of the molecule is CCCCOc1ccc(C=Cc2cc(C=Cc3ccc(OCCCC)cc3)sc(=[NH2+])c2)cc1. The fourth-order valence-corrected chi connectivity index (χ4v) is 3.93. The van der Waals surface area contributed by atoms with Crippen LogP contribution in [0.25, 0.3) is 24.3 Å². The Kier molecular flexibility index (Phi) is 9.99. The average Bonchev–Trinajstić information content (AvgIpc) is 2.83. The van der Waals surface area contributed by atoms with E-state index in [1.54, 1.807) is 11.3 Å². The lowest BCUT2D eigenvalue weighted by molar-refractivity contribution is -0.167. The molecule has 0 spiro atoms. The van der Waals surface area contributed by atoms with E-state index in [4.69, 9.17) is 14.9 Å². The lowest BCUT2D eigenvalue weighted by atomic mass is 10.1. The molecule has 0 bridgehead atoms. The Hall–Kier alpha value is -3.11. The first-order valence-electron chi connectivity index (χ1n) is 11.7. The largest absolute Gasteiger partial charge is 0.494 e. The highest BCUT2D eigenvalue weighted by Crippen LogP contribution is 2.18. The molecule has 33 heavy (non-hydrogen) atoms. The third kappa shape index (κ3) is 8.74. The van der Waals surface area contributed by atoms with E-state index < -0.39 is 0 Å². The van der Waals surface area contributed by atoms with Crippen LogP contribution in [0.3, 0.4) is 0 Å². The number of hydrogen-bond acceptors (Lipinski definition) is 3. The van der Waals surface area contributed by atoms with E-state index >= 15 is 0 Å². The Morgan fingerprint density at radius 3 is 1.67 bits per heavy atom. The molecule has 2 N–H and O–H groups in total. The molecule has 3 nitrogen and oxygen atoms in total. The monoisotopic (exact) mass is 460 g/mol. The quantitative estimate of drug-likeness (QED) is 0.332. The van der Waals surface area contributed by atoms with E-state index in [0.29, 0.717) is 0 Å². The van der Waals surface area contributed by atoms with Gasteiger partial charge in [-0.15, -0.1) is 0 Å². The molecule has 0 radical (unpaired) electrons. The minimum Gasteiger partial charge on any atom is -0.494 e. The van der Waals surface area contributed by atoms with Crippen LogP contribution in [0.15, 0.2) is 60.7 Å². The van der Waals surface area contributed by atoms with Crippen LogP contribution in [0.5, 0.6) is 11.5 Å². The van der Waals surface area contributed by atoms with Crippen LogP contribution in [0.2, 0.25) is 0 Å². The third-order valence-corrected chi connectivity index (χ3v) is 5.90. The molecular formula is C29H34NO2S+. The van der Waals surface area contributed by atoms with Gasteiger partial charge in [-0.1, -0.05) is 80.5 Å². The van der Waals surface area contributed by atoms with Crippen LogP contribution in [0.1, 0.15) is 61.1 Å². The smallest absolute Gasteiger partial charge is 0.254 e. The van der Waals surface area contributed by atoms with Crippen molar-refractivity contribution in [3.8, 4) is 11.5 Å². The van der Waals surface area contributed by atoms with Crippen LogP contribution in [-0.2, 0) is 0 Å². The third-order valence-electron chi connectivity index (χ3n) is 5.06. The molecule has 172 valence electrons. The van der Waals surface area contributed by atoms with Crippen molar-refractivity contribution in [1.29, 1.82) is 0 Å². The van der Waals surface area contributed by atoms with Crippen LogP contribution >= 0.6 is 11.3 Å². The van der Waals surface area contributed by atoms with Crippen molar-refractivity contribution in [3.63, 3.8) is 0 Å². The maximum atomic E-state index is 6.17. The van der Waals surface area contributed by atoms with Gasteiger partial charge in [0.15, 0.2) is 0 Å². The van der Waals surface area contributed by atoms with Gasteiger partial charge in [0, 0.05) is 10.9 Å². The van der Waals surface area contributed by atoms with Crippen LogP contribution in [0.4, 0.5) is 0 Å². The van der Waals surface area contributed by atoms with Crippen LogP contribution < -0.4 is 19.6 Å². The Morgan fingerprint density at radius 1 is 0.667 bits per heavy atom. The van der Waals surface area contributed by atoms with Crippen molar-refractivity contribution in [3.05, 3.63) is 86.9 Å². The van der Waals surface area contributed by atoms with E-state index in [2.05, 4.69) is 68.5 Å². The Bertz CT molecular complexity index is 1010. The summed E-state index contributed by atoms with van der Waals surface area (Å²) in [5.74, 6) is 1.83. The zero-order valence-electron chi connectivity index (χ0n) is 19.6. The molecule has 0 saturated heterocycles. The highest BCUT2D eigenvalue weighted by molar-refractivity contribution is 7.10. The predicted octanol–water partition coefficient (Wildman–Crippen LogP) is 6.11. The van der Waals surface area contributed by atoms with Gasteiger partial charge in [-0.25, -0.2) is 5.41 Å². The normalized spacial score (nSPS) is 11.3. The number of ether oxygens (including phenoxy) is 2. The van der Waals surface area contributed by atoms with Crippen molar-refractivity contribution >= 4 is 35.6 Å². The molecule has 0 unspecified atom stereocenters. The number of rotatable bonds is 12. The van der Waals surface area contributed by atoms with Crippen molar-refractivity contribution in [1.82, 2.24) is 0 Å². The second-order valence-electron chi connectivity index (χ2n) is 7.90. The molecule has 0 aliphatic rings. The highest BCUT2D eigenvalue weighted by atomic mass is 32.1.